The Labute approximate surface area is 171 Å². The van der Waals surface area contributed by atoms with Gasteiger partial charge in [0, 0.05) is 6.04 Å². The fraction of sp³-hybridized carbons (Fsp3) is 0.824. The van der Waals surface area contributed by atoms with Crippen molar-refractivity contribution in [1.82, 2.24) is 10.6 Å². The summed E-state index contributed by atoms with van der Waals surface area (Å²) in [6.45, 7) is 1.15. The summed E-state index contributed by atoms with van der Waals surface area (Å²) in [6.07, 6.45) is 2.28. The number of ether oxygens (including phenoxy) is 3. The van der Waals surface area contributed by atoms with Crippen LogP contribution in [0.25, 0.3) is 0 Å². The maximum atomic E-state index is 12.0. The third kappa shape index (κ3) is 17.5. The lowest BCUT2D eigenvalue weighted by Gasteiger charge is -2.19. The van der Waals surface area contributed by atoms with E-state index in [0.29, 0.717) is 25.9 Å². The fourth-order valence-corrected chi connectivity index (χ4v) is 2.29. The van der Waals surface area contributed by atoms with Crippen molar-refractivity contribution in [2.24, 2.45) is 22.9 Å². The van der Waals surface area contributed by atoms with Crippen LogP contribution in [-0.2, 0) is 14.2 Å². The lowest BCUT2D eigenvalue weighted by atomic mass is 10.1. The van der Waals surface area contributed by atoms with Gasteiger partial charge in [-0.3, -0.25) is 0 Å². The van der Waals surface area contributed by atoms with Crippen LogP contribution in [0.4, 0.5) is 14.4 Å². The van der Waals surface area contributed by atoms with E-state index < -0.39 is 24.3 Å². The minimum atomic E-state index is -0.929. The maximum absolute atomic E-state index is 12.0. The molecule has 2 atom stereocenters. The van der Waals surface area contributed by atoms with Crippen molar-refractivity contribution in [2.45, 2.75) is 50.6 Å². The maximum Gasteiger partial charge on any atom is 0.407 e. The van der Waals surface area contributed by atoms with Crippen LogP contribution >= 0.6 is 0 Å². The highest BCUT2D eigenvalue weighted by atomic mass is 16.6. The number of carbonyl (C=O) groups excluding carboxylic acids is 3. The second-order valence-electron chi connectivity index (χ2n) is 6.46. The van der Waals surface area contributed by atoms with Gasteiger partial charge in [0.25, 0.3) is 0 Å². The molecule has 0 radical (unpaired) electrons. The van der Waals surface area contributed by atoms with Crippen LogP contribution in [0.2, 0.25) is 0 Å². The number of primary amides is 1. The molecule has 10 N–H and O–H groups in total. The smallest absolute Gasteiger partial charge is 0.407 e. The van der Waals surface area contributed by atoms with Gasteiger partial charge < -0.3 is 47.8 Å². The molecule has 12 nitrogen and oxygen atoms in total. The van der Waals surface area contributed by atoms with Crippen molar-refractivity contribution < 1.29 is 28.6 Å². The Morgan fingerprint density at radius 2 is 1.45 bits per heavy atom. The van der Waals surface area contributed by atoms with Crippen LogP contribution < -0.4 is 33.6 Å². The summed E-state index contributed by atoms with van der Waals surface area (Å²) in [5.41, 5.74) is 21.6. The molecule has 12 heteroatoms. The van der Waals surface area contributed by atoms with Crippen molar-refractivity contribution in [3.05, 3.63) is 0 Å². The van der Waals surface area contributed by atoms with Crippen LogP contribution in [0.15, 0.2) is 0 Å². The Bertz CT molecular complexity index is 468. The number of nitrogens with one attached hydrogen (secondary N) is 2. The molecule has 0 spiro atoms. The monoisotopic (exact) mass is 420 g/mol. The first-order valence-corrected chi connectivity index (χ1v) is 9.80. The normalized spacial score (nSPS) is 12.5. The zero-order chi connectivity index (χ0) is 21.9. The zero-order valence-corrected chi connectivity index (χ0v) is 16.9. The second-order valence-corrected chi connectivity index (χ2v) is 6.46. The van der Waals surface area contributed by atoms with Gasteiger partial charge in [0.1, 0.15) is 19.8 Å². The van der Waals surface area contributed by atoms with Gasteiger partial charge in [0.05, 0.1) is 12.6 Å². The fourth-order valence-electron chi connectivity index (χ4n) is 2.29. The van der Waals surface area contributed by atoms with Crippen molar-refractivity contribution in [2.75, 3.05) is 39.5 Å². The third-order valence-electron chi connectivity index (χ3n) is 3.82. The second kappa shape index (κ2) is 17.8. The Kier molecular flexibility index (Phi) is 16.4. The van der Waals surface area contributed by atoms with E-state index in [1.54, 1.807) is 0 Å². The summed E-state index contributed by atoms with van der Waals surface area (Å²) in [6, 6.07) is -0.692. The molecule has 0 aromatic heterocycles. The molecule has 0 saturated heterocycles. The number of hydrogen-bond donors (Lipinski definition) is 6. The number of nitrogens with two attached hydrogens (primary N) is 4. The summed E-state index contributed by atoms with van der Waals surface area (Å²) < 4.78 is 14.7. The van der Waals surface area contributed by atoms with Crippen LogP contribution in [0, 0.1) is 0 Å². The van der Waals surface area contributed by atoms with E-state index in [1.807, 2.05) is 0 Å². The van der Waals surface area contributed by atoms with Gasteiger partial charge in [-0.25, -0.2) is 14.4 Å². The summed E-state index contributed by atoms with van der Waals surface area (Å²) in [7, 11) is 0. The Balaban J connectivity index is 4.23. The number of carbonyl (C=O) groups is 3. The molecule has 0 aliphatic rings. The van der Waals surface area contributed by atoms with Gasteiger partial charge in [0.15, 0.2) is 0 Å². The lowest BCUT2D eigenvalue weighted by Crippen LogP contribution is -2.42. The topological polar surface area (TPSA) is 207 Å². The summed E-state index contributed by atoms with van der Waals surface area (Å²) in [5.74, 6) is 0. The number of unbranched alkanes of at least 4 members (excludes halogenated alkanes) is 2. The summed E-state index contributed by atoms with van der Waals surface area (Å²) in [5, 5.41) is 5.06. The molecule has 0 fully saturated rings. The number of amides is 3. The van der Waals surface area contributed by atoms with E-state index in [-0.39, 0.29) is 32.4 Å². The average molecular weight is 421 g/mol. The summed E-state index contributed by atoms with van der Waals surface area (Å²) in [4.78, 5) is 34.1. The van der Waals surface area contributed by atoms with Crippen LogP contribution in [-0.4, -0.2) is 69.8 Å². The van der Waals surface area contributed by atoms with Gasteiger partial charge in [-0.05, 0) is 38.8 Å². The van der Waals surface area contributed by atoms with Gasteiger partial charge in [-0.1, -0.05) is 12.8 Å². The standard InChI is InChI=1S/C17H36N6O6/c18-7-3-1-5-13(20)11-28-17(26)23-14(6-2-4-8-19)12-29-16(25)22-9-10-27-15(21)24/h13-14H,1-12,18-20H2,(H2,21,24)(H,22,25)(H,23,26). The average Bonchev–Trinajstić information content (AvgIpc) is 2.68. The van der Waals surface area contributed by atoms with E-state index in [9.17, 15) is 14.4 Å². The van der Waals surface area contributed by atoms with Crippen molar-refractivity contribution >= 4 is 18.3 Å². The van der Waals surface area contributed by atoms with Crippen LogP contribution in [0.5, 0.6) is 0 Å². The highest BCUT2D eigenvalue weighted by molar-refractivity contribution is 5.68. The highest BCUT2D eigenvalue weighted by Crippen LogP contribution is 2.03. The molecule has 0 aromatic carbocycles. The first-order chi connectivity index (χ1) is 13.9. The molecule has 0 aliphatic carbocycles. The Hall–Kier alpha value is -2.31. The molecule has 29 heavy (non-hydrogen) atoms. The molecule has 0 heterocycles. The van der Waals surface area contributed by atoms with Gasteiger partial charge in [-0.15, -0.1) is 0 Å². The van der Waals surface area contributed by atoms with E-state index in [1.165, 1.54) is 0 Å². The lowest BCUT2D eigenvalue weighted by molar-refractivity contribution is 0.110. The quantitative estimate of drug-likeness (QED) is 0.140. The molecule has 0 bridgehead atoms. The van der Waals surface area contributed by atoms with Gasteiger partial charge >= 0.3 is 18.3 Å². The largest absolute Gasteiger partial charge is 0.448 e. The molecule has 3 amide bonds. The van der Waals surface area contributed by atoms with E-state index in [0.717, 1.165) is 25.7 Å². The third-order valence-corrected chi connectivity index (χ3v) is 3.82. The van der Waals surface area contributed by atoms with E-state index >= 15 is 0 Å². The number of alkyl carbamates (subject to hydrolysis) is 2. The molecule has 0 aliphatic heterocycles. The minimum Gasteiger partial charge on any atom is -0.448 e. The van der Waals surface area contributed by atoms with Crippen molar-refractivity contribution in [1.29, 1.82) is 0 Å². The van der Waals surface area contributed by atoms with E-state index in [2.05, 4.69) is 15.4 Å². The van der Waals surface area contributed by atoms with Crippen molar-refractivity contribution in [3.63, 3.8) is 0 Å². The Morgan fingerprint density at radius 1 is 0.828 bits per heavy atom. The first kappa shape index (κ1) is 26.7. The number of rotatable bonds is 16. The number of hydrogen-bond acceptors (Lipinski definition) is 9. The molecule has 0 aromatic rings. The Morgan fingerprint density at radius 3 is 2.07 bits per heavy atom. The van der Waals surface area contributed by atoms with E-state index in [4.69, 9.17) is 32.4 Å². The molecule has 0 rings (SSSR count). The van der Waals surface area contributed by atoms with Gasteiger partial charge in [-0.2, -0.15) is 0 Å². The molecular formula is C17H36N6O6. The molecule has 170 valence electrons. The highest BCUT2D eigenvalue weighted by Gasteiger charge is 2.16. The van der Waals surface area contributed by atoms with Crippen LogP contribution in [0.1, 0.15) is 38.5 Å². The minimum absolute atomic E-state index is 0.0509. The zero-order valence-electron chi connectivity index (χ0n) is 16.9. The predicted molar refractivity (Wildman–Crippen MR) is 107 cm³/mol. The molecular weight excluding hydrogens is 384 g/mol. The summed E-state index contributed by atoms with van der Waals surface area (Å²) >= 11 is 0. The van der Waals surface area contributed by atoms with Gasteiger partial charge in [0.2, 0.25) is 0 Å². The SMILES string of the molecule is NCCCCC(N)COC(=O)NC(CCCCN)COC(=O)NCCOC(N)=O. The molecule has 0 saturated carbocycles. The van der Waals surface area contributed by atoms with Crippen LogP contribution in [0.3, 0.4) is 0 Å². The first-order valence-electron chi connectivity index (χ1n) is 9.80. The molecule has 2 unspecified atom stereocenters. The predicted octanol–water partition coefficient (Wildman–Crippen LogP) is -0.512. The van der Waals surface area contributed by atoms with Crippen molar-refractivity contribution in [3.8, 4) is 0 Å².